The van der Waals surface area contributed by atoms with Crippen molar-refractivity contribution in [2.24, 2.45) is 5.92 Å². The monoisotopic (exact) mass is 222 g/mol. The van der Waals surface area contributed by atoms with Gasteiger partial charge in [0, 0.05) is 17.7 Å². The minimum Gasteiger partial charge on any atom is -0.496 e. The van der Waals surface area contributed by atoms with E-state index in [4.69, 9.17) is 9.47 Å². The maximum atomic E-state index is 10.7. The molecule has 16 heavy (non-hydrogen) atoms. The van der Waals surface area contributed by atoms with Gasteiger partial charge < -0.3 is 9.47 Å². The molecule has 0 radical (unpaired) electrons. The molecule has 0 aliphatic heterocycles. The molecule has 1 rings (SSSR count). The van der Waals surface area contributed by atoms with Crippen molar-refractivity contribution in [1.82, 2.24) is 0 Å². The number of aldehydes is 1. The highest BCUT2D eigenvalue weighted by Gasteiger charge is 2.05. The molecule has 3 heteroatoms. The summed E-state index contributed by atoms with van der Waals surface area (Å²) in [7, 11) is 1.61. The molecule has 0 aromatic heterocycles. The van der Waals surface area contributed by atoms with Crippen LogP contribution in [0.3, 0.4) is 0 Å². The molecule has 0 unspecified atom stereocenters. The molecule has 0 saturated carbocycles. The Balaban J connectivity index is 2.71. The summed E-state index contributed by atoms with van der Waals surface area (Å²) in [6.07, 6.45) is 0.825. The van der Waals surface area contributed by atoms with Gasteiger partial charge in [0.05, 0.1) is 13.7 Å². The fraction of sp³-hybridized carbons (Fsp3) is 0.462. The predicted molar refractivity (Wildman–Crippen MR) is 62.9 cm³/mol. The molecule has 3 nitrogen and oxygen atoms in total. The van der Waals surface area contributed by atoms with E-state index in [9.17, 15) is 4.79 Å². The van der Waals surface area contributed by atoms with Crippen molar-refractivity contribution in [2.75, 3.05) is 13.7 Å². The molecule has 0 aliphatic rings. The number of carbonyl (C=O) groups excluding carboxylic acids is 1. The van der Waals surface area contributed by atoms with E-state index in [0.29, 0.717) is 24.7 Å². The molecule has 0 fully saturated rings. The van der Waals surface area contributed by atoms with Gasteiger partial charge in [0.1, 0.15) is 12.0 Å². The van der Waals surface area contributed by atoms with Crippen LogP contribution in [-0.4, -0.2) is 20.0 Å². The first-order valence-corrected chi connectivity index (χ1v) is 5.37. The van der Waals surface area contributed by atoms with E-state index in [1.54, 1.807) is 25.3 Å². The number of methoxy groups -OCH3 is 1. The van der Waals surface area contributed by atoms with Gasteiger partial charge in [0.25, 0.3) is 0 Å². The Morgan fingerprint density at radius 2 is 2.12 bits per heavy atom. The van der Waals surface area contributed by atoms with Crippen molar-refractivity contribution in [2.45, 2.75) is 20.5 Å². The molecule has 0 N–H and O–H groups in total. The van der Waals surface area contributed by atoms with Gasteiger partial charge in [-0.05, 0) is 24.1 Å². The van der Waals surface area contributed by atoms with Gasteiger partial charge in [-0.3, -0.25) is 4.79 Å². The second kappa shape index (κ2) is 6.28. The second-order valence-electron chi connectivity index (χ2n) is 4.10. The van der Waals surface area contributed by atoms with Crippen molar-refractivity contribution >= 4 is 6.29 Å². The zero-order valence-corrected chi connectivity index (χ0v) is 10.0. The minimum absolute atomic E-state index is 0.475. The van der Waals surface area contributed by atoms with E-state index in [1.807, 2.05) is 0 Å². The highest BCUT2D eigenvalue weighted by molar-refractivity contribution is 5.75. The van der Waals surface area contributed by atoms with E-state index >= 15 is 0 Å². The number of rotatable bonds is 6. The third kappa shape index (κ3) is 3.66. The average Bonchev–Trinajstić information content (AvgIpc) is 2.28. The number of carbonyl (C=O) groups is 1. The summed E-state index contributed by atoms with van der Waals surface area (Å²) in [5.41, 5.74) is 1.55. The van der Waals surface area contributed by atoms with Crippen LogP contribution in [0.4, 0.5) is 0 Å². The van der Waals surface area contributed by atoms with E-state index in [0.717, 1.165) is 17.6 Å². The summed E-state index contributed by atoms with van der Waals surface area (Å²) >= 11 is 0. The second-order valence-corrected chi connectivity index (χ2v) is 4.10. The molecule has 1 aromatic rings. The molecule has 0 spiro atoms. The van der Waals surface area contributed by atoms with E-state index in [2.05, 4.69) is 13.8 Å². The molecule has 1 aromatic carbocycles. The fourth-order valence-corrected chi connectivity index (χ4v) is 1.39. The zero-order chi connectivity index (χ0) is 12.0. The lowest BCUT2D eigenvalue weighted by atomic mass is 10.1. The number of hydrogen-bond donors (Lipinski definition) is 0. The Morgan fingerprint density at radius 3 is 2.69 bits per heavy atom. The molecule has 0 heterocycles. The molecule has 88 valence electrons. The van der Waals surface area contributed by atoms with E-state index in [1.165, 1.54) is 0 Å². The van der Waals surface area contributed by atoms with Crippen LogP contribution < -0.4 is 4.74 Å². The smallest absolute Gasteiger partial charge is 0.150 e. The first-order valence-electron chi connectivity index (χ1n) is 5.37. The largest absolute Gasteiger partial charge is 0.496 e. The van der Waals surface area contributed by atoms with Gasteiger partial charge in [-0.15, -0.1) is 0 Å². The first kappa shape index (κ1) is 12.7. The van der Waals surface area contributed by atoms with E-state index in [-0.39, 0.29) is 0 Å². The lowest BCUT2D eigenvalue weighted by molar-refractivity contribution is 0.0954. The fourth-order valence-electron chi connectivity index (χ4n) is 1.39. The summed E-state index contributed by atoms with van der Waals surface area (Å²) < 4.78 is 10.7. The van der Waals surface area contributed by atoms with Crippen LogP contribution in [0.15, 0.2) is 18.2 Å². The van der Waals surface area contributed by atoms with Crippen LogP contribution in [0.5, 0.6) is 5.75 Å². The molecule has 0 aliphatic carbocycles. The van der Waals surface area contributed by atoms with Gasteiger partial charge in [0.2, 0.25) is 0 Å². The summed E-state index contributed by atoms with van der Waals surface area (Å²) in [6.45, 7) is 5.37. The number of benzene rings is 1. The molecule has 0 atom stereocenters. The predicted octanol–water partition coefficient (Wildman–Crippen LogP) is 2.68. The van der Waals surface area contributed by atoms with Crippen LogP contribution in [0.1, 0.15) is 29.8 Å². The van der Waals surface area contributed by atoms with Crippen molar-refractivity contribution in [3.8, 4) is 5.75 Å². The van der Waals surface area contributed by atoms with Gasteiger partial charge in [-0.2, -0.15) is 0 Å². The summed E-state index contributed by atoms with van der Waals surface area (Å²) in [6, 6.07) is 5.32. The zero-order valence-electron chi connectivity index (χ0n) is 10.0. The maximum Gasteiger partial charge on any atom is 0.150 e. The third-order valence-corrected chi connectivity index (χ3v) is 2.15. The van der Waals surface area contributed by atoms with Crippen LogP contribution in [0, 0.1) is 5.92 Å². The Kier molecular flexibility index (Phi) is 4.99. The van der Waals surface area contributed by atoms with Crippen LogP contribution in [0.2, 0.25) is 0 Å². The lowest BCUT2D eigenvalue weighted by Crippen LogP contribution is -2.03. The maximum absolute atomic E-state index is 10.7. The highest BCUT2D eigenvalue weighted by atomic mass is 16.5. The van der Waals surface area contributed by atoms with Crippen LogP contribution in [0.25, 0.3) is 0 Å². The highest BCUT2D eigenvalue weighted by Crippen LogP contribution is 2.20. The quantitative estimate of drug-likeness (QED) is 0.694. The standard InChI is InChI=1S/C13H18O3/c1-10(2)8-16-9-12-6-11(7-14)4-5-13(12)15-3/h4-7,10H,8-9H2,1-3H3. The third-order valence-electron chi connectivity index (χ3n) is 2.15. The van der Waals surface area contributed by atoms with Gasteiger partial charge in [0.15, 0.2) is 0 Å². The normalized spacial score (nSPS) is 10.5. The number of hydrogen-bond acceptors (Lipinski definition) is 3. The van der Waals surface area contributed by atoms with Gasteiger partial charge >= 0.3 is 0 Å². The Morgan fingerprint density at radius 1 is 1.38 bits per heavy atom. The molecule has 0 amide bonds. The summed E-state index contributed by atoms with van der Waals surface area (Å²) in [5.74, 6) is 1.26. The van der Waals surface area contributed by atoms with Crippen LogP contribution >= 0.6 is 0 Å². The topological polar surface area (TPSA) is 35.5 Å². The number of ether oxygens (including phenoxy) is 2. The van der Waals surface area contributed by atoms with Crippen molar-refractivity contribution < 1.29 is 14.3 Å². The van der Waals surface area contributed by atoms with Crippen LogP contribution in [-0.2, 0) is 11.3 Å². The van der Waals surface area contributed by atoms with Gasteiger partial charge in [-0.1, -0.05) is 13.8 Å². The van der Waals surface area contributed by atoms with E-state index < -0.39 is 0 Å². The van der Waals surface area contributed by atoms with Gasteiger partial charge in [-0.25, -0.2) is 0 Å². The Bertz CT molecular complexity index is 345. The molecule has 0 bridgehead atoms. The molecule has 0 saturated heterocycles. The summed E-state index contributed by atoms with van der Waals surface area (Å²) in [5, 5.41) is 0. The van der Waals surface area contributed by atoms with Crippen molar-refractivity contribution in [3.63, 3.8) is 0 Å². The summed E-state index contributed by atoms with van der Waals surface area (Å²) in [4.78, 5) is 10.7. The Hall–Kier alpha value is -1.35. The molecular weight excluding hydrogens is 204 g/mol. The lowest BCUT2D eigenvalue weighted by Gasteiger charge is -2.11. The SMILES string of the molecule is COc1ccc(C=O)cc1COCC(C)C. The average molecular weight is 222 g/mol. The van der Waals surface area contributed by atoms with Crippen molar-refractivity contribution in [3.05, 3.63) is 29.3 Å². The first-order chi connectivity index (χ1) is 7.67. The minimum atomic E-state index is 0.475. The Labute approximate surface area is 96.4 Å². The molecular formula is C13H18O3. The van der Waals surface area contributed by atoms with Crippen molar-refractivity contribution in [1.29, 1.82) is 0 Å².